The van der Waals surface area contributed by atoms with E-state index < -0.39 is 0 Å². The van der Waals surface area contributed by atoms with Crippen molar-refractivity contribution in [3.8, 4) is 22.8 Å². The summed E-state index contributed by atoms with van der Waals surface area (Å²) in [5, 5.41) is 8.29. The van der Waals surface area contributed by atoms with Crippen LogP contribution in [0.15, 0.2) is 54.7 Å². The number of aromatic nitrogens is 2. The largest absolute Gasteiger partial charge is 0.497 e. The summed E-state index contributed by atoms with van der Waals surface area (Å²) in [6, 6.07) is 14.6. The second-order valence-corrected chi connectivity index (χ2v) is 5.91. The Morgan fingerprint density at radius 1 is 0.962 bits per heavy atom. The molecule has 6 heteroatoms. The van der Waals surface area contributed by atoms with Crippen LogP contribution in [0.1, 0.15) is 10.4 Å². The summed E-state index contributed by atoms with van der Waals surface area (Å²) in [6.07, 6.45) is 1.82. The number of imidazole rings is 1. The molecule has 0 unspecified atom stereocenters. The second kappa shape index (κ2) is 7.31. The lowest BCUT2D eigenvalue weighted by atomic mass is 10.1. The molecule has 0 aliphatic rings. The molecule has 0 saturated heterocycles. The fraction of sp³-hybridized carbons (Fsp3) is 0.200. The van der Waals surface area contributed by atoms with E-state index >= 15 is 0 Å². The van der Waals surface area contributed by atoms with Gasteiger partial charge < -0.3 is 18.6 Å². The van der Waals surface area contributed by atoms with Crippen molar-refractivity contribution in [2.24, 2.45) is 7.05 Å². The fourth-order valence-corrected chi connectivity index (χ4v) is 2.78. The third-order valence-corrected chi connectivity index (χ3v) is 4.34. The standard InChI is InChI=1S/C20H21N3O3/c1-22-18(14-4-8-16(25-2)9-5-14)12-23(20(22)21)13-19(24)15-6-10-17(26-3)11-7-15/h4-12,21H,13H2,1-3H3. The lowest BCUT2D eigenvalue weighted by Gasteiger charge is -2.04. The molecule has 26 heavy (non-hydrogen) atoms. The minimum absolute atomic E-state index is 0.0574. The number of carbonyl (C=O) groups excluding carboxylic acids is 1. The van der Waals surface area contributed by atoms with E-state index in [9.17, 15) is 4.79 Å². The highest BCUT2D eigenvalue weighted by Gasteiger charge is 2.12. The maximum absolute atomic E-state index is 12.5. The molecule has 134 valence electrons. The Hall–Kier alpha value is -3.28. The molecular formula is C20H21N3O3. The van der Waals surface area contributed by atoms with Crippen molar-refractivity contribution in [3.05, 3.63) is 65.9 Å². The van der Waals surface area contributed by atoms with Gasteiger partial charge in [-0.15, -0.1) is 0 Å². The van der Waals surface area contributed by atoms with Crippen molar-refractivity contribution in [1.82, 2.24) is 9.13 Å². The van der Waals surface area contributed by atoms with Gasteiger partial charge >= 0.3 is 0 Å². The number of methoxy groups -OCH3 is 2. The Morgan fingerprint density at radius 2 is 1.50 bits per heavy atom. The molecule has 1 aromatic heterocycles. The van der Waals surface area contributed by atoms with Crippen molar-refractivity contribution < 1.29 is 14.3 Å². The predicted octanol–water partition coefficient (Wildman–Crippen LogP) is 2.87. The number of ether oxygens (including phenoxy) is 2. The summed E-state index contributed by atoms with van der Waals surface area (Å²) in [5.74, 6) is 1.42. The normalized spacial score (nSPS) is 10.6. The Morgan fingerprint density at radius 3 is 2.04 bits per heavy atom. The lowest BCUT2D eigenvalue weighted by Crippen LogP contribution is -2.25. The molecule has 6 nitrogen and oxygen atoms in total. The minimum atomic E-state index is -0.0574. The first-order valence-electron chi connectivity index (χ1n) is 8.16. The van der Waals surface area contributed by atoms with Crippen molar-refractivity contribution in [3.63, 3.8) is 0 Å². The van der Waals surface area contributed by atoms with E-state index in [2.05, 4.69) is 0 Å². The van der Waals surface area contributed by atoms with Gasteiger partial charge in [-0.05, 0) is 54.1 Å². The molecule has 3 rings (SSSR count). The first kappa shape index (κ1) is 17.5. The molecule has 0 amide bonds. The molecule has 0 fully saturated rings. The van der Waals surface area contributed by atoms with E-state index in [1.165, 1.54) is 0 Å². The van der Waals surface area contributed by atoms with Crippen molar-refractivity contribution in [2.45, 2.75) is 6.54 Å². The third-order valence-electron chi connectivity index (χ3n) is 4.34. The van der Waals surface area contributed by atoms with Crippen LogP contribution in [0.4, 0.5) is 0 Å². The van der Waals surface area contributed by atoms with E-state index in [-0.39, 0.29) is 17.9 Å². The lowest BCUT2D eigenvalue weighted by molar-refractivity contribution is 0.0970. The number of rotatable bonds is 6. The molecule has 0 radical (unpaired) electrons. The first-order valence-corrected chi connectivity index (χ1v) is 8.16. The van der Waals surface area contributed by atoms with Crippen LogP contribution in [0.3, 0.4) is 0 Å². The van der Waals surface area contributed by atoms with Crippen LogP contribution in [0.5, 0.6) is 11.5 Å². The van der Waals surface area contributed by atoms with Gasteiger partial charge in [-0.25, -0.2) is 0 Å². The van der Waals surface area contributed by atoms with Gasteiger partial charge in [-0.3, -0.25) is 10.2 Å². The van der Waals surface area contributed by atoms with Gasteiger partial charge in [0.05, 0.1) is 26.5 Å². The summed E-state index contributed by atoms with van der Waals surface area (Å²) in [5.41, 5.74) is 2.67. The van der Waals surface area contributed by atoms with Crippen LogP contribution in [0, 0.1) is 5.41 Å². The van der Waals surface area contributed by atoms with Gasteiger partial charge in [0.15, 0.2) is 5.78 Å². The van der Waals surface area contributed by atoms with Gasteiger partial charge in [-0.1, -0.05) is 0 Å². The summed E-state index contributed by atoms with van der Waals surface area (Å²) >= 11 is 0. The number of nitrogens with zero attached hydrogens (tertiary/aromatic N) is 2. The summed E-state index contributed by atoms with van der Waals surface area (Å²) in [6.45, 7) is 0.106. The van der Waals surface area contributed by atoms with E-state index in [1.807, 2.05) is 37.5 Å². The van der Waals surface area contributed by atoms with E-state index in [4.69, 9.17) is 14.9 Å². The highest BCUT2D eigenvalue weighted by molar-refractivity contribution is 5.96. The number of carbonyl (C=O) groups is 1. The summed E-state index contributed by atoms with van der Waals surface area (Å²) < 4.78 is 13.7. The smallest absolute Gasteiger partial charge is 0.202 e. The molecule has 3 aromatic rings. The summed E-state index contributed by atoms with van der Waals surface area (Å²) in [7, 11) is 5.03. The molecule has 0 aliphatic heterocycles. The number of hydrogen-bond donors (Lipinski definition) is 1. The zero-order valence-electron chi connectivity index (χ0n) is 15.0. The van der Waals surface area contributed by atoms with Crippen LogP contribution >= 0.6 is 0 Å². The molecule has 1 heterocycles. The van der Waals surface area contributed by atoms with Gasteiger partial charge in [0.25, 0.3) is 0 Å². The predicted molar refractivity (Wildman–Crippen MR) is 98.6 cm³/mol. The molecule has 0 spiro atoms. The van der Waals surface area contributed by atoms with Gasteiger partial charge in [0.1, 0.15) is 11.5 Å². The molecule has 0 saturated carbocycles. The molecular weight excluding hydrogens is 330 g/mol. The van der Waals surface area contributed by atoms with Crippen molar-refractivity contribution >= 4 is 5.78 Å². The highest BCUT2D eigenvalue weighted by Crippen LogP contribution is 2.21. The molecule has 2 aromatic carbocycles. The average Bonchev–Trinajstić information content (AvgIpc) is 2.96. The van der Waals surface area contributed by atoms with Gasteiger partial charge in [0.2, 0.25) is 5.62 Å². The first-order chi connectivity index (χ1) is 12.5. The number of benzene rings is 2. The molecule has 0 bridgehead atoms. The number of ketones is 1. The molecule has 1 N–H and O–H groups in total. The topological polar surface area (TPSA) is 69.2 Å². The maximum atomic E-state index is 12.5. The minimum Gasteiger partial charge on any atom is -0.497 e. The second-order valence-electron chi connectivity index (χ2n) is 5.91. The van der Waals surface area contributed by atoms with Gasteiger partial charge in [0, 0.05) is 18.8 Å². The van der Waals surface area contributed by atoms with Crippen molar-refractivity contribution in [2.75, 3.05) is 14.2 Å². The van der Waals surface area contributed by atoms with Crippen LogP contribution < -0.4 is 15.1 Å². The zero-order chi connectivity index (χ0) is 18.7. The number of Topliss-reactive ketones (excluding diaryl/α,β-unsaturated/α-hetero) is 1. The van der Waals surface area contributed by atoms with Crippen LogP contribution in [-0.2, 0) is 13.6 Å². The Labute approximate surface area is 151 Å². The van der Waals surface area contributed by atoms with Crippen LogP contribution in [0.25, 0.3) is 11.3 Å². The molecule has 0 atom stereocenters. The SMILES string of the molecule is COc1ccc(C(=O)Cn2cc(-c3ccc(OC)cc3)n(C)c2=N)cc1. The Kier molecular flexibility index (Phi) is 4.93. The van der Waals surface area contributed by atoms with Crippen molar-refractivity contribution in [1.29, 1.82) is 5.41 Å². The summed E-state index contributed by atoms with van der Waals surface area (Å²) in [4.78, 5) is 12.5. The van der Waals surface area contributed by atoms with E-state index in [0.717, 1.165) is 17.0 Å². The van der Waals surface area contributed by atoms with Crippen LogP contribution in [0.2, 0.25) is 0 Å². The Bertz CT molecular complexity index is 967. The van der Waals surface area contributed by atoms with E-state index in [0.29, 0.717) is 11.3 Å². The highest BCUT2D eigenvalue weighted by atomic mass is 16.5. The Balaban J connectivity index is 1.86. The van der Waals surface area contributed by atoms with E-state index in [1.54, 1.807) is 47.6 Å². The molecule has 0 aliphatic carbocycles. The average molecular weight is 351 g/mol. The monoisotopic (exact) mass is 351 g/mol. The maximum Gasteiger partial charge on any atom is 0.202 e. The quantitative estimate of drug-likeness (QED) is 0.694. The van der Waals surface area contributed by atoms with Gasteiger partial charge in [-0.2, -0.15) is 0 Å². The fourth-order valence-electron chi connectivity index (χ4n) is 2.78. The number of hydrogen-bond acceptors (Lipinski definition) is 4. The number of nitrogens with one attached hydrogen (secondary N) is 1. The zero-order valence-corrected chi connectivity index (χ0v) is 15.0. The van der Waals surface area contributed by atoms with Crippen LogP contribution in [-0.4, -0.2) is 29.1 Å². The third kappa shape index (κ3) is 3.39.